The zero-order valence-corrected chi connectivity index (χ0v) is 9.17. The molecule has 0 heterocycles. The molecule has 1 rings (SSSR count). The third-order valence-corrected chi connectivity index (χ3v) is 2.59. The smallest absolute Gasteiger partial charge is 0.211 e. The Hall–Kier alpha value is -1.05. The number of rotatable bonds is 4. The molecule has 0 bridgehead atoms. The second-order valence-electron chi connectivity index (χ2n) is 3.22. The van der Waals surface area contributed by atoms with E-state index in [4.69, 9.17) is 0 Å². The SMILES string of the molecule is CC(C)Sc1cccc(CN=C=O)c1. The summed E-state index contributed by atoms with van der Waals surface area (Å²) in [5.74, 6) is 0. The average molecular weight is 207 g/mol. The lowest BCUT2D eigenvalue weighted by molar-refractivity contribution is 0.563. The predicted molar refractivity (Wildman–Crippen MR) is 59.3 cm³/mol. The molecule has 0 saturated heterocycles. The zero-order chi connectivity index (χ0) is 10.4. The maximum Gasteiger partial charge on any atom is 0.235 e. The van der Waals surface area contributed by atoms with Crippen molar-refractivity contribution in [1.82, 2.24) is 0 Å². The maximum absolute atomic E-state index is 9.94. The quantitative estimate of drug-likeness (QED) is 0.431. The Labute approximate surface area is 88.4 Å². The third-order valence-electron chi connectivity index (χ3n) is 1.60. The van der Waals surface area contributed by atoms with Crippen molar-refractivity contribution in [3.8, 4) is 0 Å². The van der Waals surface area contributed by atoms with Crippen LogP contribution in [0, 0.1) is 0 Å². The number of hydrogen-bond donors (Lipinski definition) is 0. The van der Waals surface area contributed by atoms with Crippen molar-refractivity contribution < 1.29 is 4.79 Å². The van der Waals surface area contributed by atoms with Gasteiger partial charge >= 0.3 is 0 Å². The molecule has 0 aliphatic rings. The highest BCUT2D eigenvalue weighted by atomic mass is 32.2. The summed E-state index contributed by atoms with van der Waals surface area (Å²) in [5, 5.41) is 0.569. The summed E-state index contributed by atoms with van der Waals surface area (Å²) in [6, 6.07) is 8.08. The van der Waals surface area contributed by atoms with Crippen LogP contribution < -0.4 is 0 Å². The van der Waals surface area contributed by atoms with E-state index in [1.807, 2.05) is 12.1 Å². The molecule has 0 aliphatic carbocycles. The van der Waals surface area contributed by atoms with Crippen LogP contribution in [0.15, 0.2) is 34.2 Å². The van der Waals surface area contributed by atoms with Crippen molar-refractivity contribution >= 4 is 17.8 Å². The standard InChI is InChI=1S/C11H13NOS/c1-9(2)14-11-5-3-4-10(6-11)7-12-8-13/h3-6,9H,7H2,1-2H3. The molecule has 0 fully saturated rings. The normalized spacial score (nSPS) is 9.93. The highest BCUT2D eigenvalue weighted by Gasteiger charge is 1.99. The number of nitrogens with zero attached hydrogens (tertiary/aromatic N) is 1. The molecule has 0 unspecified atom stereocenters. The van der Waals surface area contributed by atoms with E-state index in [1.54, 1.807) is 17.8 Å². The number of benzene rings is 1. The van der Waals surface area contributed by atoms with Gasteiger partial charge in [0.25, 0.3) is 0 Å². The van der Waals surface area contributed by atoms with E-state index in [0.29, 0.717) is 11.8 Å². The molecule has 3 heteroatoms. The van der Waals surface area contributed by atoms with Gasteiger partial charge in [-0.25, -0.2) is 9.79 Å². The molecule has 0 radical (unpaired) electrons. The van der Waals surface area contributed by atoms with Crippen molar-refractivity contribution in [3.63, 3.8) is 0 Å². The summed E-state index contributed by atoms with van der Waals surface area (Å²) in [5.41, 5.74) is 1.05. The number of aliphatic imine (C=N–C) groups is 1. The van der Waals surface area contributed by atoms with Gasteiger partial charge in [0.15, 0.2) is 0 Å². The van der Waals surface area contributed by atoms with Crippen LogP contribution in [0.2, 0.25) is 0 Å². The van der Waals surface area contributed by atoms with Crippen molar-refractivity contribution in [2.24, 2.45) is 4.99 Å². The molecule has 2 nitrogen and oxygen atoms in total. The molecule has 0 spiro atoms. The van der Waals surface area contributed by atoms with Crippen LogP contribution in [-0.2, 0) is 11.3 Å². The summed E-state index contributed by atoms with van der Waals surface area (Å²) in [6.45, 7) is 4.73. The van der Waals surface area contributed by atoms with E-state index in [1.165, 1.54) is 4.90 Å². The molecule has 14 heavy (non-hydrogen) atoms. The largest absolute Gasteiger partial charge is 0.235 e. The zero-order valence-electron chi connectivity index (χ0n) is 8.36. The first-order chi connectivity index (χ1) is 6.72. The van der Waals surface area contributed by atoms with Gasteiger partial charge in [0.2, 0.25) is 6.08 Å². The molecule has 0 amide bonds. The second-order valence-corrected chi connectivity index (χ2v) is 4.87. The van der Waals surface area contributed by atoms with Gasteiger partial charge in [0.05, 0.1) is 6.54 Å². The van der Waals surface area contributed by atoms with Crippen LogP contribution in [0.4, 0.5) is 0 Å². The first-order valence-corrected chi connectivity index (χ1v) is 5.39. The Bertz CT molecular complexity index is 343. The third kappa shape index (κ3) is 3.77. The van der Waals surface area contributed by atoms with Crippen LogP contribution >= 0.6 is 11.8 Å². The minimum atomic E-state index is 0.427. The van der Waals surface area contributed by atoms with Crippen LogP contribution in [0.5, 0.6) is 0 Å². The molecule has 0 saturated carbocycles. The van der Waals surface area contributed by atoms with Gasteiger partial charge in [-0.3, -0.25) is 0 Å². The first kappa shape index (κ1) is 11.0. The molecular weight excluding hydrogens is 194 g/mol. The summed E-state index contributed by atoms with van der Waals surface area (Å²) in [4.78, 5) is 14.7. The van der Waals surface area contributed by atoms with Gasteiger partial charge in [0, 0.05) is 10.1 Å². The molecule has 0 N–H and O–H groups in total. The Morgan fingerprint density at radius 3 is 2.93 bits per heavy atom. The van der Waals surface area contributed by atoms with E-state index in [-0.39, 0.29) is 0 Å². The Kier molecular flexibility index (Phi) is 4.44. The van der Waals surface area contributed by atoms with Crippen LogP contribution in [0.1, 0.15) is 19.4 Å². The van der Waals surface area contributed by atoms with E-state index in [2.05, 4.69) is 31.0 Å². The lowest BCUT2D eigenvalue weighted by Gasteiger charge is -2.05. The monoisotopic (exact) mass is 207 g/mol. The number of thioether (sulfide) groups is 1. The summed E-state index contributed by atoms with van der Waals surface area (Å²) >= 11 is 1.81. The Morgan fingerprint density at radius 2 is 2.29 bits per heavy atom. The molecule has 0 aromatic heterocycles. The lowest BCUT2D eigenvalue weighted by Crippen LogP contribution is -1.87. The fourth-order valence-corrected chi connectivity index (χ4v) is 2.03. The molecule has 0 atom stereocenters. The van der Waals surface area contributed by atoms with Crippen molar-refractivity contribution in [3.05, 3.63) is 29.8 Å². The summed E-state index contributed by atoms with van der Waals surface area (Å²) < 4.78 is 0. The fraction of sp³-hybridized carbons (Fsp3) is 0.364. The van der Waals surface area contributed by atoms with Gasteiger partial charge in [-0.05, 0) is 17.7 Å². The van der Waals surface area contributed by atoms with Crippen LogP contribution in [0.25, 0.3) is 0 Å². The maximum atomic E-state index is 9.94. The van der Waals surface area contributed by atoms with Gasteiger partial charge < -0.3 is 0 Å². The van der Waals surface area contributed by atoms with Crippen LogP contribution in [0.3, 0.4) is 0 Å². The predicted octanol–water partition coefficient (Wildman–Crippen LogP) is 3.02. The van der Waals surface area contributed by atoms with Crippen molar-refractivity contribution in [2.45, 2.75) is 30.5 Å². The van der Waals surface area contributed by atoms with Crippen molar-refractivity contribution in [1.29, 1.82) is 0 Å². The number of hydrogen-bond acceptors (Lipinski definition) is 3. The van der Waals surface area contributed by atoms with Crippen molar-refractivity contribution in [2.75, 3.05) is 0 Å². The molecule has 1 aromatic carbocycles. The van der Waals surface area contributed by atoms with E-state index >= 15 is 0 Å². The highest BCUT2D eigenvalue weighted by Crippen LogP contribution is 2.23. The van der Waals surface area contributed by atoms with Gasteiger partial charge in [0.1, 0.15) is 0 Å². The minimum Gasteiger partial charge on any atom is -0.211 e. The highest BCUT2D eigenvalue weighted by molar-refractivity contribution is 7.99. The molecular formula is C11H13NOS. The average Bonchev–Trinajstić information content (AvgIpc) is 2.14. The number of isocyanates is 1. The number of carbonyl (C=O) groups excluding carboxylic acids is 1. The molecule has 74 valence electrons. The fourth-order valence-electron chi connectivity index (χ4n) is 1.11. The Balaban J connectivity index is 2.73. The topological polar surface area (TPSA) is 29.4 Å². The van der Waals surface area contributed by atoms with Gasteiger partial charge in [-0.2, -0.15) is 0 Å². The molecule has 0 aliphatic heterocycles. The second kappa shape index (κ2) is 5.63. The van der Waals surface area contributed by atoms with E-state index < -0.39 is 0 Å². The molecule has 1 aromatic rings. The van der Waals surface area contributed by atoms with Gasteiger partial charge in [-0.15, -0.1) is 11.8 Å². The van der Waals surface area contributed by atoms with E-state index in [9.17, 15) is 4.79 Å². The summed E-state index contributed by atoms with van der Waals surface area (Å²) in [6.07, 6.45) is 1.54. The first-order valence-electron chi connectivity index (χ1n) is 4.51. The van der Waals surface area contributed by atoms with E-state index in [0.717, 1.165) is 5.56 Å². The summed E-state index contributed by atoms with van der Waals surface area (Å²) in [7, 11) is 0. The van der Waals surface area contributed by atoms with Crippen LogP contribution in [-0.4, -0.2) is 11.3 Å². The van der Waals surface area contributed by atoms with Gasteiger partial charge in [-0.1, -0.05) is 26.0 Å². The minimum absolute atomic E-state index is 0.427. The Morgan fingerprint density at radius 1 is 1.50 bits per heavy atom. The lowest BCUT2D eigenvalue weighted by atomic mass is 10.2.